The smallest absolute Gasteiger partial charge is 0.289 e. The summed E-state index contributed by atoms with van der Waals surface area (Å²) in [5, 5.41) is 10.1. The van der Waals surface area contributed by atoms with Crippen LogP contribution >= 0.6 is 0 Å². The number of rotatable bonds is 5. The first kappa shape index (κ1) is 16.2. The number of benzene rings is 1. The normalized spacial score (nSPS) is 12.5. The van der Waals surface area contributed by atoms with Gasteiger partial charge >= 0.3 is 0 Å². The van der Waals surface area contributed by atoms with Crippen LogP contribution in [-0.4, -0.2) is 50.8 Å². The van der Waals surface area contributed by atoms with Gasteiger partial charge in [0.05, 0.1) is 28.9 Å². The molecule has 0 radical (unpaired) electrons. The molecule has 0 spiro atoms. The summed E-state index contributed by atoms with van der Waals surface area (Å²) in [4.78, 5) is 25.1. The standard InChI is InChI=1S/C18H18N6O2/c1-10(9-26-2)20-18(25)17-21-14-7-12-13(8-15(14)22-17)23-24-16(12)11-3-5-19-6-4-11/h3-8,10,23-24H,9H2,1-2H3,(H,20,25)/t10-/m1/s1. The lowest BCUT2D eigenvalue weighted by molar-refractivity contribution is 0.0896. The van der Waals surface area contributed by atoms with Crippen LogP contribution < -0.4 is 5.32 Å². The zero-order valence-electron chi connectivity index (χ0n) is 14.4. The summed E-state index contributed by atoms with van der Waals surface area (Å²) in [5.74, 6) is -0.152. The van der Waals surface area contributed by atoms with Crippen molar-refractivity contribution >= 4 is 27.8 Å². The Morgan fingerprint density at radius 1 is 1.19 bits per heavy atom. The number of ether oxygens (including phenoxy) is 1. The van der Waals surface area contributed by atoms with Crippen LogP contribution in [0.3, 0.4) is 0 Å². The molecule has 26 heavy (non-hydrogen) atoms. The first-order valence-electron chi connectivity index (χ1n) is 8.23. The number of aromatic amines is 2. The second kappa shape index (κ2) is 6.57. The Labute approximate surface area is 149 Å². The fourth-order valence-electron chi connectivity index (χ4n) is 2.94. The van der Waals surface area contributed by atoms with Gasteiger partial charge in [-0.1, -0.05) is 0 Å². The van der Waals surface area contributed by atoms with Crippen molar-refractivity contribution in [1.82, 2.24) is 30.5 Å². The number of aromatic nitrogens is 5. The summed E-state index contributed by atoms with van der Waals surface area (Å²) in [6.45, 7) is 2.30. The maximum Gasteiger partial charge on any atom is 0.289 e. The first-order chi connectivity index (χ1) is 12.7. The van der Waals surface area contributed by atoms with Crippen molar-refractivity contribution in [1.29, 1.82) is 0 Å². The molecule has 0 fully saturated rings. The number of carbonyl (C=O) groups is 1. The number of pyridine rings is 1. The van der Waals surface area contributed by atoms with Crippen LogP contribution in [0.5, 0.6) is 0 Å². The Kier molecular flexibility index (Phi) is 4.10. The average molecular weight is 350 g/mol. The molecule has 8 heteroatoms. The van der Waals surface area contributed by atoms with Crippen molar-refractivity contribution in [3.05, 3.63) is 42.5 Å². The third-order valence-electron chi connectivity index (χ3n) is 4.13. The molecule has 4 rings (SSSR count). The third kappa shape index (κ3) is 2.91. The molecule has 0 saturated carbocycles. The molecule has 0 saturated heterocycles. The van der Waals surface area contributed by atoms with E-state index in [9.17, 15) is 4.79 Å². The summed E-state index contributed by atoms with van der Waals surface area (Å²) >= 11 is 0. The predicted molar refractivity (Wildman–Crippen MR) is 97.8 cm³/mol. The highest BCUT2D eigenvalue weighted by atomic mass is 16.5. The molecular weight excluding hydrogens is 332 g/mol. The van der Waals surface area contributed by atoms with Gasteiger partial charge in [0, 0.05) is 36.5 Å². The third-order valence-corrected chi connectivity index (χ3v) is 4.13. The van der Waals surface area contributed by atoms with Crippen molar-refractivity contribution in [2.75, 3.05) is 13.7 Å². The van der Waals surface area contributed by atoms with Crippen LogP contribution in [-0.2, 0) is 4.74 Å². The van der Waals surface area contributed by atoms with Crippen LogP contribution in [0, 0.1) is 0 Å². The van der Waals surface area contributed by atoms with Crippen molar-refractivity contribution < 1.29 is 9.53 Å². The summed E-state index contributed by atoms with van der Waals surface area (Å²) in [6, 6.07) is 7.55. The molecule has 0 aliphatic heterocycles. The molecule has 3 aromatic heterocycles. The Bertz CT molecular complexity index is 1070. The van der Waals surface area contributed by atoms with E-state index in [2.05, 4.69) is 30.5 Å². The molecule has 0 aliphatic rings. The van der Waals surface area contributed by atoms with Gasteiger partial charge in [0.2, 0.25) is 5.82 Å². The van der Waals surface area contributed by atoms with E-state index in [4.69, 9.17) is 4.74 Å². The summed E-state index contributed by atoms with van der Waals surface area (Å²) in [6.07, 6.45) is 3.49. The van der Waals surface area contributed by atoms with Gasteiger partial charge in [-0.2, -0.15) is 0 Å². The van der Waals surface area contributed by atoms with Crippen LogP contribution in [0.2, 0.25) is 0 Å². The molecule has 132 valence electrons. The number of hydrogen-bond donors (Lipinski definition) is 3. The lowest BCUT2D eigenvalue weighted by Gasteiger charge is -2.10. The van der Waals surface area contributed by atoms with E-state index in [1.54, 1.807) is 19.5 Å². The second-order valence-electron chi connectivity index (χ2n) is 6.12. The SMILES string of the molecule is COC[C@@H](C)NC(=O)c1nc2cc3[nH][nH]c(-c4ccncc4)c3cc2n1. The van der Waals surface area contributed by atoms with Crippen LogP contribution in [0.15, 0.2) is 36.7 Å². The number of methoxy groups -OCH3 is 1. The molecule has 3 N–H and O–H groups in total. The minimum absolute atomic E-state index is 0.114. The van der Waals surface area contributed by atoms with E-state index in [1.165, 1.54) is 0 Å². The zero-order valence-corrected chi connectivity index (χ0v) is 14.4. The van der Waals surface area contributed by atoms with E-state index in [0.717, 1.165) is 22.2 Å². The Morgan fingerprint density at radius 2 is 1.92 bits per heavy atom. The maximum absolute atomic E-state index is 12.3. The van der Waals surface area contributed by atoms with Crippen molar-refractivity contribution in [3.8, 4) is 11.3 Å². The van der Waals surface area contributed by atoms with Gasteiger partial charge in [0.25, 0.3) is 5.91 Å². The van der Waals surface area contributed by atoms with Gasteiger partial charge in [-0.25, -0.2) is 9.97 Å². The van der Waals surface area contributed by atoms with Crippen molar-refractivity contribution in [2.45, 2.75) is 13.0 Å². The number of H-pyrrole nitrogens is 2. The minimum Gasteiger partial charge on any atom is -0.383 e. The molecule has 4 aromatic rings. The van der Waals surface area contributed by atoms with Gasteiger partial charge in [0.1, 0.15) is 0 Å². The Balaban J connectivity index is 1.72. The predicted octanol–water partition coefficient (Wildman–Crippen LogP) is 2.27. The van der Waals surface area contributed by atoms with E-state index < -0.39 is 0 Å². The van der Waals surface area contributed by atoms with Gasteiger partial charge in [0.15, 0.2) is 0 Å². The molecule has 0 bridgehead atoms. The highest BCUT2D eigenvalue weighted by molar-refractivity contribution is 6.02. The molecule has 0 aliphatic carbocycles. The minimum atomic E-state index is -0.310. The highest BCUT2D eigenvalue weighted by Crippen LogP contribution is 2.28. The zero-order chi connectivity index (χ0) is 18.1. The van der Waals surface area contributed by atoms with E-state index in [0.29, 0.717) is 17.6 Å². The summed E-state index contributed by atoms with van der Waals surface area (Å²) < 4.78 is 5.03. The summed E-state index contributed by atoms with van der Waals surface area (Å²) in [5.41, 5.74) is 4.18. The number of fused-ring (bicyclic) bond motifs is 2. The van der Waals surface area contributed by atoms with Crippen molar-refractivity contribution in [2.24, 2.45) is 0 Å². The fraction of sp³-hybridized carbons (Fsp3) is 0.222. The number of amides is 1. The van der Waals surface area contributed by atoms with Crippen LogP contribution in [0.25, 0.3) is 33.2 Å². The molecular formula is C18H18N6O2. The van der Waals surface area contributed by atoms with Gasteiger partial charge in [-0.15, -0.1) is 0 Å². The number of nitrogens with zero attached hydrogens (tertiary/aromatic N) is 3. The average Bonchev–Trinajstić information content (AvgIpc) is 3.23. The number of imidazole rings is 1. The second-order valence-corrected chi connectivity index (χ2v) is 6.12. The van der Waals surface area contributed by atoms with Gasteiger partial charge in [-0.3, -0.25) is 14.9 Å². The Morgan fingerprint density at radius 3 is 2.65 bits per heavy atom. The number of nitrogens with one attached hydrogen (secondary N) is 3. The molecule has 8 nitrogen and oxygen atoms in total. The van der Waals surface area contributed by atoms with Crippen molar-refractivity contribution in [3.63, 3.8) is 0 Å². The van der Waals surface area contributed by atoms with Crippen LogP contribution in [0.4, 0.5) is 0 Å². The van der Waals surface area contributed by atoms with E-state index in [-0.39, 0.29) is 17.8 Å². The lowest BCUT2D eigenvalue weighted by atomic mass is 10.1. The maximum atomic E-state index is 12.3. The number of hydrogen-bond acceptors (Lipinski definition) is 5. The molecule has 1 aromatic carbocycles. The first-order valence-corrected chi connectivity index (χ1v) is 8.23. The molecule has 1 amide bonds. The quantitative estimate of drug-likeness (QED) is 0.512. The number of carbonyl (C=O) groups excluding carboxylic acids is 1. The molecule has 1 atom stereocenters. The topological polar surface area (TPSA) is 109 Å². The van der Waals surface area contributed by atoms with E-state index >= 15 is 0 Å². The highest BCUT2D eigenvalue weighted by Gasteiger charge is 2.17. The molecule has 3 heterocycles. The lowest BCUT2D eigenvalue weighted by Crippen LogP contribution is -2.36. The fourth-order valence-corrected chi connectivity index (χ4v) is 2.94. The Hall–Kier alpha value is -3.26. The monoisotopic (exact) mass is 350 g/mol. The van der Waals surface area contributed by atoms with Crippen LogP contribution in [0.1, 0.15) is 17.5 Å². The van der Waals surface area contributed by atoms with Gasteiger partial charge in [-0.05, 0) is 31.2 Å². The summed E-state index contributed by atoms with van der Waals surface area (Å²) in [7, 11) is 1.59. The van der Waals surface area contributed by atoms with E-state index in [1.807, 2.05) is 31.2 Å². The van der Waals surface area contributed by atoms with Gasteiger partial charge < -0.3 is 15.2 Å². The molecule has 0 unspecified atom stereocenters. The largest absolute Gasteiger partial charge is 0.383 e.